The predicted octanol–water partition coefficient (Wildman–Crippen LogP) is 3.09. The maximum Gasteiger partial charge on any atom is 0.227 e. The van der Waals surface area contributed by atoms with Gasteiger partial charge >= 0.3 is 0 Å². The highest BCUT2D eigenvalue weighted by Gasteiger charge is 2.17. The molecule has 1 saturated heterocycles. The summed E-state index contributed by atoms with van der Waals surface area (Å²) in [5.74, 6) is 0.978. The molecule has 3 heterocycles. The predicted molar refractivity (Wildman–Crippen MR) is 123 cm³/mol. The second-order valence-corrected chi connectivity index (χ2v) is 8.29. The van der Waals surface area contributed by atoms with Crippen molar-refractivity contribution in [2.45, 2.75) is 26.2 Å². The summed E-state index contributed by atoms with van der Waals surface area (Å²) in [6, 6.07) is 7.49. The van der Waals surface area contributed by atoms with Crippen LogP contribution in [0.25, 0.3) is 11.2 Å². The van der Waals surface area contributed by atoms with Crippen LogP contribution in [-0.2, 0) is 11.2 Å². The zero-order chi connectivity index (χ0) is 21.8. The molecule has 4 rings (SSSR count). The van der Waals surface area contributed by atoms with Crippen molar-refractivity contribution in [3.05, 3.63) is 46.7 Å². The molecule has 0 unspecified atom stereocenters. The van der Waals surface area contributed by atoms with Crippen molar-refractivity contribution in [3.8, 4) is 0 Å². The van der Waals surface area contributed by atoms with Crippen LogP contribution < -0.4 is 10.2 Å². The molecule has 1 aromatic carbocycles. The number of carbonyl (C=O) groups excluding carboxylic acids is 1. The molecule has 0 aliphatic carbocycles. The highest BCUT2D eigenvalue weighted by molar-refractivity contribution is 6.30. The van der Waals surface area contributed by atoms with E-state index in [2.05, 4.69) is 42.1 Å². The standard InChI is InChI=1S/C22H26ClN7O/c1-15-20-21(28-22(25-15)30-11-3-10-29(2)12-13-30)24-14-18(27-20)26-19(31)9-6-16-4-7-17(23)8-5-16/h4-5,7-8,14H,3,6,9-13H2,1-2H3,(H,26,27,31). The summed E-state index contributed by atoms with van der Waals surface area (Å²) in [5, 5.41) is 3.51. The third kappa shape index (κ3) is 5.45. The molecule has 1 fully saturated rings. The van der Waals surface area contributed by atoms with Gasteiger partial charge in [-0.15, -0.1) is 0 Å². The first kappa shape index (κ1) is 21.4. The zero-order valence-electron chi connectivity index (χ0n) is 17.8. The number of nitrogens with one attached hydrogen (secondary N) is 1. The summed E-state index contributed by atoms with van der Waals surface area (Å²) >= 11 is 5.90. The first-order valence-corrected chi connectivity index (χ1v) is 10.8. The molecule has 1 amide bonds. The van der Waals surface area contributed by atoms with Crippen LogP contribution in [0, 0.1) is 6.92 Å². The molecule has 1 aliphatic rings. The van der Waals surface area contributed by atoms with Crippen molar-refractivity contribution in [3.63, 3.8) is 0 Å². The molecule has 0 radical (unpaired) electrons. The number of hydrogen-bond donors (Lipinski definition) is 1. The van der Waals surface area contributed by atoms with Gasteiger partial charge in [-0.1, -0.05) is 23.7 Å². The van der Waals surface area contributed by atoms with Crippen molar-refractivity contribution in [1.29, 1.82) is 0 Å². The van der Waals surface area contributed by atoms with Gasteiger partial charge in [-0.25, -0.2) is 15.0 Å². The second-order valence-electron chi connectivity index (χ2n) is 7.85. The van der Waals surface area contributed by atoms with Gasteiger partial charge in [-0.2, -0.15) is 4.98 Å². The van der Waals surface area contributed by atoms with Gasteiger partial charge in [0.2, 0.25) is 11.9 Å². The van der Waals surface area contributed by atoms with Crippen molar-refractivity contribution in [2.75, 3.05) is 43.4 Å². The molecule has 0 spiro atoms. The molecule has 1 N–H and O–H groups in total. The van der Waals surface area contributed by atoms with E-state index < -0.39 is 0 Å². The molecule has 0 bridgehead atoms. The SMILES string of the molecule is Cc1nc(N2CCCN(C)CC2)nc2ncc(NC(=O)CCc3ccc(Cl)cc3)nc12. The van der Waals surface area contributed by atoms with Crippen LogP contribution in [0.4, 0.5) is 11.8 Å². The maximum absolute atomic E-state index is 12.3. The number of halogens is 1. The normalized spacial score (nSPS) is 15.1. The van der Waals surface area contributed by atoms with Crippen LogP contribution in [0.3, 0.4) is 0 Å². The van der Waals surface area contributed by atoms with E-state index in [0.29, 0.717) is 40.8 Å². The van der Waals surface area contributed by atoms with Crippen LogP contribution >= 0.6 is 11.6 Å². The molecule has 0 saturated carbocycles. The molecule has 1 aliphatic heterocycles. The minimum Gasteiger partial charge on any atom is -0.339 e. The van der Waals surface area contributed by atoms with E-state index in [0.717, 1.165) is 43.9 Å². The summed E-state index contributed by atoms with van der Waals surface area (Å²) in [4.78, 5) is 35.1. The van der Waals surface area contributed by atoms with Gasteiger partial charge in [-0.05, 0) is 51.1 Å². The summed E-state index contributed by atoms with van der Waals surface area (Å²) in [6.07, 6.45) is 3.60. The Morgan fingerprint density at radius 2 is 1.90 bits per heavy atom. The number of amides is 1. The molecule has 31 heavy (non-hydrogen) atoms. The van der Waals surface area contributed by atoms with Gasteiger partial charge in [0, 0.05) is 31.1 Å². The number of carbonyl (C=O) groups is 1. The molecular weight excluding hydrogens is 414 g/mol. The van der Waals surface area contributed by atoms with Crippen LogP contribution in [-0.4, -0.2) is 64.0 Å². The second kappa shape index (κ2) is 9.53. The third-order valence-corrected chi connectivity index (χ3v) is 5.65. The maximum atomic E-state index is 12.3. The number of likely N-dealkylation sites (N-methyl/N-ethyl adjacent to an activating group) is 1. The minimum absolute atomic E-state index is 0.118. The molecule has 2 aromatic heterocycles. The largest absolute Gasteiger partial charge is 0.339 e. The summed E-state index contributed by atoms with van der Waals surface area (Å²) in [6.45, 7) is 5.76. The van der Waals surface area contributed by atoms with Gasteiger partial charge < -0.3 is 15.1 Å². The lowest BCUT2D eigenvalue weighted by Crippen LogP contribution is -2.30. The number of fused-ring (bicyclic) bond motifs is 1. The Hall–Kier alpha value is -2.84. The number of anilines is 2. The van der Waals surface area contributed by atoms with E-state index in [-0.39, 0.29) is 5.91 Å². The molecule has 3 aromatic rings. The quantitative estimate of drug-likeness (QED) is 0.653. The average molecular weight is 440 g/mol. The Morgan fingerprint density at radius 3 is 2.71 bits per heavy atom. The minimum atomic E-state index is -0.118. The third-order valence-electron chi connectivity index (χ3n) is 5.39. The van der Waals surface area contributed by atoms with E-state index in [1.165, 1.54) is 0 Å². The summed E-state index contributed by atoms with van der Waals surface area (Å²) < 4.78 is 0. The van der Waals surface area contributed by atoms with Crippen LogP contribution in [0.1, 0.15) is 24.1 Å². The Balaban J connectivity index is 1.44. The van der Waals surface area contributed by atoms with E-state index in [9.17, 15) is 4.79 Å². The van der Waals surface area contributed by atoms with E-state index >= 15 is 0 Å². The van der Waals surface area contributed by atoms with Crippen LogP contribution in [0.5, 0.6) is 0 Å². The van der Waals surface area contributed by atoms with Crippen LogP contribution in [0.15, 0.2) is 30.5 Å². The van der Waals surface area contributed by atoms with Gasteiger partial charge in [0.1, 0.15) is 5.52 Å². The number of aromatic nitrogens is 4. The van der Waals surface area contributed by atoms with E-state index in [4.69, 9.17) is 11.6 Å². The number of rotatable bonds is 5. The molecule has 0 atom stereocenters. The number of nitrogens with zero attached hydrogens (tertiary/aromatic N) is 6. The Morgan fingerprint density at radius 1 is 1.10 bits per heavy atom. The molecule has 9 heteroatoms. The Labute approximate surface area is 186 Å². The summed E-state index contributed by atoms with van der Waals surface area (Å²) in [5.41, 5.74) is 2.95. The highest BCUT2D eigenvalue weighted by Crippen LogP contribution is 2.19. The topological polar surface area (TPSA) is 87.1 Å². The number of hydrogen-bond acceptors (Lipinski definition) is 7. The van der Waals surface area contributed by atoms with Gasteiger partial charge in [0.25, 0.3) is 0 Å². The molecule has 8 nitrogen and oxygen atoms in total. The van der Waals surface area contributed by atoms with E-state index in [1.54, 1.807) is 6.20 Å². The fourth-order valence-electron chi connectivity index (χ4n) is 3.59. The highest BCUT2D eigenvalue weighted by atomic mass is 35.5. The summed E-state index contributed by atoms with van der Waals surface area (Å²) in [7, 11) is 2.13. The lowest BCUT2D eigenvalue weighted by Gasteiger charge is -2.21. The van der Waals surface area contributed by atoms with Crippen molar-refractivity contribution < 1.29 is 4.79 Å². The fraction of sp³-hybridized carbons (Fsp3) is 0.409. The Kier molecular flexibility index (Phi) is 6.58. The Bertz CT molecular complexity index is 1070. The van der Waals surface area contributed by atoms with Gasteiger partial charge in [0.05, 0.1) is 11.9 Å². The first-order chi connectivity index (χ1) is 15.0. The van der Waals surface area contributed by atoms with Crippen molar-refractivity contribution >= 4 is 40.4 Å². The van der Waals surface area contributed by atoms with Gasteiger partial charge in [-0.3, -0.25) is 4.79 Å². The smallest absolute Gasteiger partial charge is 0.227 e. The average Bonchev–Trinajstić information content (AvgIpc) is 2.98. The van der Waals surface area contributed by atoms with Crippen LogP contribution in [0.2, 0.25) is 5.02 Å². The van der Waals surface area contributed by atoms with E-state index in [1.807, 2.05) is 31.2 Å². The molecular formula is C22H26ClN7O. The monoisotopic (exact) mass is 439 g/mol. The zero-order valence-corrected chi connectivity index (χ0v) is 18.6. The van der Waals surface area contributed by atoms with Gasteiger partial charge in [0.15, 0.2) is 11.5 Å². The van der Waals surface area contributed by atoms with Crippen molar-refractivity contribution in [1.82, 2.24) is 24.8 Å². The molecule has 162 valence electrons. The number of aryl methyl sites for hydroxylation is 2. The number of benzene rings is 1. The van der Waals surface area contributed by atoms with Crippen molar-refractivity contribution in [2.24, 2.45) is 0 Å². The fourth-order valence-corrected chi connectivity index (χ4v) is 3.72. The first-order valence-electron chi connectivity index (χ1n) is 10.5. The lowest BCUT2D eigenvalue weighted by molar-refractivity contribution is -0.116. The lowest BCUT2D eigenvalue weighted by atomic mass is 10.1.